The molecule has 1 amide bonds. The van der Waals surface area contributed by atoms with Crippen molar-refractivity contribution in [3.05, 3.63) is 114 Å². The SMILES string of the molecule is Cc1c(Nc2ccnc3ccc(F)cc23)cccc1C(=O)Nc1cccc(Nc2ccncc2)c1. The molecule has 2 aromatic heterocycles. The van der Waals surface area contributed by atoms with Crippen molar-refractivity contribution >= 4 is 45.2 Å². The van der Waals surface area contributed by atoms with Gasteiger partial charge in [-0.1, -0.05) is 12.1 Å². The van der Waals surface area contributed by atoms with Gasteiger partial charge in [0.25, 0.3) is 5.91 Å². The van der Waals surface area contributed by atoms with Gasteiger partial charge in [0.2, 0.25) is 0 Å². The minimum absolute atomic E-state index is 0.224. The zero-order chi connectivity index (χ0) is 24.2. The number of benzene rings is 3. The van der Waals surface area contributed by atoms with E-state index in [2.05, 4.69) is 25.9 Å². The van der Waals surface area contributed by atoms with Crippen LogP contribution in [0.2, 0.25) is 0 Å². The topological polar surface area (TPSA) is 78.9 Å². The predicted molar refractivity (Wildman–Crippen MR) is 138 cm³/mol. The Bertz CT molecular complexity index is 1520. The van der Waals surface area contributed by atoms with Crippen LogP contribution in [0.5, 0.6) is 0 Å². The van der Waals surface area contributed by atoms with E-state index in [0.717, 1.165) is 22.6 Å². The number of fused-ring (bicyclic) bond motifs is 1. The second-order valence-corrected chi connectivity index (χ2v) is 8.02. The third kappa shape index (κ3) is 4.94. The molecule has 35 heavy (non-hydrogen) atoms. The zero-order valence-corrected chi connectivity index (χ0v) is 18.9. The number of carbonyl (C=O) groups excluding carboxylic acids is 1. The summed E-state index contributed by atoms with van der Waals surface area (Å²) in [4.78, 5) is 21.4. The van der Waals surface area contributed by atoms with E-state index in [9.17, 15) is 9.18 Å². The highest BCUT2D eigenvalue weighted by Gasteiger charge is 2.13. The van der Waals surface area contributed by atoms with Crippen LogP contribution in [-0.2, 0) is 0 Å². The number of anilines is 5. The molecule has 6 nitrogen and oxygen atoms in total. The van der Waals surface area contributed by atoms with E-state index in [4.69, 9.17) is 0 Å². The Morgan fingerprint density at radius 2 is 1.57 bits per heavy atom. The summed E-state index contributed by atoms with van der Waals surface area (Å²) in [6, 6.07) is 23.0. The lowest BCUT2D eigenvalue weighted by atomic mass is 10.0. The summed E-state index contributed by atoms with van der Waals surface area (Å²) in [5.41, 5.74) is 5.88. The maximum atomic E-state index is 13.8. The number of nitrogens with one attached hydrogen (secondary N) is 3. The number of hydrogen-bond acceptors (Lipinski definition) is 5. The monoisotopic (exact) mass is 463 g/mol. The van der Waals surface area contributed by atoms with Crippen LogP contribution in [-0.4, -0.2) is 15.9 Å². The minimum atomic E-state index is -0.334. The van der Waals surface area contributed by atoms with Crippen molar-refractivity contribution in [2.75, 3.05) is 16.0 Å². The summed E-state index contributed by atoms with van der Waals surface area (Å²) < 4.78 is 13.8. The Hall–Kier alpha value is -4.78. The van der Waals surface area contributed by atoms with E-state index in [-0.39, 0.29) is 11.7 Å². The van der Waals surface area contributed by atoms with Gasteiger partial charge in [0.15, 0.2) is 0 Å². The van der Waals surface area contributed by atoms with E-state index >= 15 is 0 Å². The number of halogens is 1. The van der Waals surface area contributed by atoms with Gasteiger partial charge in [-0.3, -0.25) is 14.8 Å². The summed E-state index contributed by atoms with van der Waals surface area (Å²) >= 11 is 0. The normalized spacial score (nSPS) is 10.7. The summed E-state index contributed by atoms with van der Waals surface area (Å²) in [5, 5.41) is 10.3. The van der Waals surface area contributed by atoms with Crippen molar-refractivity contribution in [2.45, 2.75) is 6.92 Å². The van der Waals surface area contributed by atoms with Gasteiger partial charge in [-0.15, -0.1) is 0 Å². The van der Waals surface area contributed by atoms with Gasteiger partial charge < -0.3 is 16.0 Å². The van der Waals surface area contributed by atoms with Crippen LogP contribution in [0.25, 0.3) is 10.9 Å². The van der Waals surface area contributed by atoms with Gasteiger partial charge >= 0.3 is 0 Å². The number of pyridine rings is 2. The molecule has 0 fully saturated rings. The van der Waals surface area contributed by atoms with Crippen molar-refractivity contribution < 1.29 is 9.18 Å². The molecular formula is C28H22FN5O. The highest BCUT2D eigenvalue weighted by atomic mass is 19.1. The van der Waals surface area contributed by atoms with Crippen LogP contribution in [0.1, 0.15) is 15.9 Å². The third-order valence-electron chi connectivity index (χ3n) is 5.64. The van der Waals surface area contributed by atoms with Crippen molar-refractivity contribution in [1.29, 1.82) is 0 Å². The van der Waals surface area contributed by atoms with Crippen LogP contribution in [0.4, 0.5) is 32.8 Å². The number of aromatic nitrogens is 2. The molecule has 5 aromatic rings. The highest BCUT2D eigenvalue weighted by molar-refractivity contribution is 6.06. The summed E-state index contributed by atoms with van der Waals surface area (Å²) in [7, 11) is 0. The predicted octanol–water partition coefficient (Wildman–Crippen LogP) is 6.82. The first-order valence-electron chi connectivity index (χ1n) is 11.1. The highest BCUT2D eigenvalue weighted by Crippen LogP contribution is 2.29. The molecule has 3 aromatic carbocycles. The summed E-state index contributed by atoms with van der Waals surface area (Å²) in [6.07, 6.45) is 5.09. The van der Waals surface area contributed by atoms with Gasteiger partial charge in [-0.05, 0) is 79.2 Å². The smallest absolute Gasteiger partial charge is 0.256 e. The molecule has 0 aliphatic carbocycles. The average Bonchev–Trinajstić information content (AvgIpc) is 2.86. The van der Waals surface area contributed by atoms with Crippen molar-refractivity contribution in [1.82, 2.24) is 9.97 Å². The molecule has 7 heteroatoms. The second-order valence-electron chi connectivity index (χ2n) is 8.02. The molecule has 0 bridgehead atoms. The van der Waals surface area contributed by atoms with E-state index in [1.807, 2.05) is 55.5 Å². The van der Waals surface area contributed by atoms with E-state index < -0.39 is 0 Å². The number of carbonyl (C=O) groups is 1. The Morgan fingerprint density at radius 1 is 0.771 bits per heavy atom. The molecule has 0 unspecified atom stereocenters. The van der Waals surface area contributed by atoms with Crippen LogP contribution in [0, 0.1) is 12.7 Å². The van der Waals surface area contributed by atoms with Gasteiger partial charge in [-0.25, -0.2) is 4.39 Å². The number of rotatable bonds is 6. The molecule has 0 saturated carbocycles. The number of nitrogens with zero attached hydrogens (tertiary/aromatic N) is 2. The van der Waals surface area contributed by atoms with Gasteiger partial charge in [-0.2, -0.15) is 0 Å². The number of amides is 1. The summed E-state index contributed by atoms with van der Waals surface area (Å²) in [5.74, 6) is -0.558. The Morgan fingerprint density at radius 3 is 2.43 bits per heavy atom. The van der Waals surface area contributed by atoms with Gasteiger partial charge in [0, 0.05) is 58.0 Å². The van der Waals surface area contributed by atoms with Crippen molar-refractivity contribution in [2.24, 2.45) is 0 Å². The van der Waals surface area contributed by atoms with E-state index in [0.29, 0.717) is 27.8 Å². The average molecular weight is 464 g/mol. The molecule has 0 aliphatic rings. The lowest BCUT2D eigenvalue weighted by molar-refractivity contribution is 0.102. The molecule has 2 heterocycles. The molecule has 5 rings (SSSR count). The first kappa shape index (κ1) is 22.0. The first-order chi connectivity index (χ1) is 17.1. The molecule has 0 atom stereocenters. The fourth-order valence-corrected chi connectivity index (χ4v) is 3.86. The largest absolute Gasteiger partial charge is 0.355 e. The quantitative estimate of drug-likeness (QED) is 0.258. The second kappa shape index (κ2) is 9.61. The van der Waals surface area contributed by atoms with Crippen LogP contribution >= 0.6 is 0 Å². The maximum absolute atomic E-state index is 13.8. The fourth-order valence-electron chi connectivity index (χ4n) is 3.86. The molecule has 0 radical (unpaired) electrons. The van der Waals surface area contributed by atoms with Crippen LogP contribution in [0.15, 0.2) is 97.5 Å². The Labute approximate surface area is 201 Å². The zero-order valence-electron chi connectivity index (χ0n) is 18.9. The maximum Gasteiger partial charge on any atom is 0.256 e. The minimum Gasteiger partial charge on any atom is -0.355 e. The lowest BCUT2D eigenvalue weighted by Crippen LogP contribution is -2.14. The molecule has 172 valence electrons. The number of hydrogen-bond donors (Lipinski definition) is 3. The molecular weight excluding hydrogens is 441 g/mol. The molecule has 0 saturated heterocycles. The van der Waals surface area contributed by atoms with E-state index in [1.165, 1.54) is 12.1 Å². The van der Waals surface area contributed by atoms with E-state index in [1.54, 1.807) is 36.8 Å². The third-order valence-corrected chi connectivity index (χ3v) is 5.64. The Balaban J connectivity index is 1.37. The fraction of sp³-hybridized carbons (Fsp3) is 0.0357. The molecule has 0 aliphatic heterocycles. The van der Waals surface area contributed by atoms with Gasteiger partial charge in [0.1, 0.15) is 5.82 Å². The van der Waals surface area contributed by atoms with Gasteiger partial charge in [0.05, 0.1) is 5.52 Å². The standard InChI is InChI=1S/C28H22FN5O/c1-18-23(28(35)33-22-5-2-4-21(17-22)32-20-10-13-30-14-11-20)6-3-7-25(18)34-27-12-15-31-26-9-8-19(29)16-24(26)27/h2-17H,1H3,(H,30,32)(H,31,34)(H,33,35). The van der Waals surface area contributed by atoms with Crippen molar-refractivity contribution in [3.63, 3.8) is 0 Å². The van der Waals surface area contributed by atoms with Crippen LogP contribution < -0.4 is 16.0 Å². The molecule has 3 N–H and O–H groups in total. The molecule has 0 spiro atoms. The summed E-state index contributed by atoms with van der Waals surface area (Å²) in [6.45, 7) is 1.88. The van der Waals surface area contributed by atoms with Crippen LogP contribution in [0.3, 0.4) is 0 Å². The Kier molecular flexibility index (Phi) is 6.05. The van der Waals surface area contributed by atoms with Crippen molar-refractivity contribution in [3.8, 4) is 0 Å². The first-order valence-corrected chi connectivity index (χ1v) is 11.1. The lowest BCUT2D eigenvalue weighted by Gasteiger charge is -2.15.